The highest BCUT2D eigenvalue weighted by molar-refractivity contribution is 9.09. The van der Waals surface area contributed by atoms with Crippen LogP contribution in [0, 0.1) is 0 Å². The van der Waals surface area contributed by atoms with Crippen LogP contribution in [0.15, 0.2) is 0 Å². The fourth-order valence-corrected chi connectivity index (χ4v) is 3.31. The molecular formula is C12H21BrO2. The van der Waals surface area contributed by atoms with Gasteiger partial charge in [0.15, 0.2) is 0 Å². The molecule has 0 bridgehead atoms. The summed E-state index contributed by atoms with van der Waals surface area (Å²) in [5, 5.41) is 0.983. The Morgan fingerprint density at radius 3 is 2.47 bits per heavy atom. The molecule has 15 heavy (non-hydrogen) atoms. The van der Waals surface area contributed by atoms with E-state index in [1.54, 1.807) is 0 Å². The molecule has 1 aliphatic carbocycles. The standard InChI is InChI=1S/C12H21BrO2/c13-10-12(6-3-1-2-4-7-12)15-11-5-8-14-9-11/h11H,1-10H2. The van der Waals surface area contributed by atoms with E-state index in [-0.39, 0.29) is 5.60 Å². The lowest BCUT2D eigenvalue weighted by Crippen LogP contribution is -2.38. The highest BCUT2D eigenvalue weighted by atomic mass is 79.9. The van der Waals surface area contributed by atoms with Crippen molar-refractivity contribution < 1.29 is 9.47 Å². The van der Waals surface area contributed by atoms with Gasteiger partial charge in [0.25, 0.3) is 0 Å². The topological polar surface area (TPSA) is 18.5 Å². The summed E-state index contributed by atoms with van der Waals surface area (Å²) in [6.07, 6.45) is 9.25. The quantitative estimate of drug-likeness (QED) is 0.582. The Hall–Kier alpha value is 0.400. The summed E-state index contributed by atoms with van der Waals surface area (Å²) < 4.78 is 11.7. The molecule has 0 radical (unpaired) electrons. The van der Waals surface area contributed by atoms with E-state index in [0.717, 1.165) is 25.0 Å². The SMILES string of the molecule is BrCC1(OC2CCOC2)CCCCCC1. The van der Waals surface area contributed by atoms with E-state index >= 15 is 0 Å². The molecule has 2 aliphatic rings. The summed E-state index contributed by atoms with van der Waals surface area (Å²) in [7, 11) is 0. The molecule has 0 spiro atoms. The Morgan fingerprint density at radius 2 is 1.93 bits per heavy atom. The molecule has 1 heterocycles. The van der Waals surface area contributed by atoms with Crippen molar-refractivity contribution in [2.75, 3.05) is 18.5 Å². The summed E-state index contributed by atoms with van der Waals surface area (Å²) in [5.74, 6) is 0. The minimum absolute atomic E-state index is 0.106. The van der Waals surface area contributed by atoms with Gasteiger partial charge in [0, 0.05) is 11.9 Å². The van der Waals surface area contributed by atoms with E-state index < -0.39 is 0 Å². The predicted molar refractivity (Wildman–Crippen MR) is 64.5 cm³/mol. The molecule has 0 amide bonds. The van der Waals surface area contributed by atoms with E-state index in [9.17, 15) is 0 Å². The maximum absolute atomic E-state index is 6.30. The number of halogens is 1. The monoisotopic (exact) mass is 276 g/mol. The Kier molecular flexibility index (Phi) is 4.47. The van der Waals surface area contributed by atoms with Gasteiger partial charge in [0.05, 0.1) is 18.3 Å². The second-order valence-electron chi connectivity index (χ2n) is 4.83. The van der Waals surface area contributed by atoms with E-state index in [1.807, 2.05) is 0 Å². The minimum Gasteiger partial charge on any atom is -0.379 e. The first-order valence-corrected chi connectivity index (χ1v) is 7.28. The number of rotatable bonds is 3. The van der Waals surface area contributed by atoms with Gasteiger partial charge in [-0.15, -0.1) is 0 Å². The van der Waals surface area contributed by atoms with Gasteiger partial charge in [-0.1, -0.05) is 41.6 Å². The number of alkyl halides is 1. The Morgan fingerprint density at radius 1 is 1.20 bits per heavy atom. The van der Waals surface area contributed by atoms with Crippen LogP contribution < -0.4 is 0 Å². The van der Waals surface area contributed by atoms with Crippen LogP contribution in [0.2, 0.25) is 0 Å². The molecule has 2 nitrogen and oxygen atoms in total. The molecule has 2 fully saturated rings. The van der Waals surface area contributed by atoms with Crippen LogP contribution in [0.5, 0.6) is 0 Å². The Balaban J connectivity index is 1.92. The molecule has 0 aromatic rings. The van der Waals surface area contributed by atoms with Crippen LogP contribution in [-0.2, 0) is 9.47 Å². The van der Waals surface area contributed by atoms with Gasteiger partial charge in [-0.2, -0.15) is 0 Å². The molecule has 1 saturated heterocycles. The van der Waals surface area contributed by atoms with Crippen molar-refractivity contribution in [3.8, 4) is 0 Å². The summed E-state index contributed by atoms with van der Waals surface area (Å²) >= 11 is 3.64. The van der Waals surface area contributed by atoms with Gasteiger partial charge in [0.2, 0.25) is 0 Å². The van der Waals surface area contributed by atoms with Crippen molar-refractivity contribution in [2.24, 2.45) is 0 Å². The number of hydrogen-bond donors (Lipinski definition) is 0. The zero-order valence-electron chi connectivity index (χ0n) is 9.34. The fourth-order valence-electron chi connectivity index (χ4n) is 2.62. The summed E-state index contributed by atoms with van der Waals surface area (Å²) in [6, 6.07) is 0. The number of hydrogen-bond acceptors (Lipinski definition) is 2. The molecule has 2 rings (SSSR count). The van der Waals surface area contributed by atoms with Gasteiger partial charge >= 0.3 is 0 Å². The first-order chi connectivity index (χ1) is 7.35. The molecule has 0 N–H and O–H groups in total. The summed E-state index contributed by atoms with van der Waals surface area (Å²) in [6.45, 7) is 1.68. The van der Waals surface area contributed by atoms with Gasteiger partial charge in [-0.25, -0.2) is 0 Å². The van der Waals surface area contributed by atoms with Gasteiger partial charge in [0.1, 0.15) is 0 Å². The largest absolute Gasteiger partial charge is 0.379 e. The first kappa shape index (κ1) is 11.9. The highest BCUT2D eigenvalue weighted by Crippen LogP contribution is 2.34. The van der Waals surface area contributed by atoms with Crippen LogP contribution in [-0.4, -0.2) is 30.2 Å². The predicted octanol–water partition coefficient (Wildman–Crippen LogP) is 3.28. The molecule has 0 aromatic carbocycles. The van der Waals surface area contributed by atoms with Crippen molar-refractivity contribution in [3.05, 3.63) is 0 Å². The minimum atomic E-state index is 0.106. The molecule has 1 saturated carbocycles. The molecule has 88 valence electrons. The van der Waals surface area contributed by atoms with E-state index in [2.05, 4.69) is 15.9 Å². The molecule has 3 heteroatoms. The number of ether oxygens (including phenoxy) is 2. The van der Waals surface area contributed by atoms with Crippen LogP contribution in [0.3, 0.4) is 0 Å². The molecule has 0 aromatic heterocycles. The van der Waals surface area contributed by atoms with Crippen LogP contribution >= 0.6 is 15.9 Å². The van der Waals surface area contributed by atoms with Crippen molar-refractivity contribution >= 4 is 15.9 Å². The Bertz CT molecular complexity index is 182. The van der Waals surface area contributed by atoms with Crippen LogP contribution in [0.1, 0.15) is 44.9 Å². The summed E-state index contributed by atoms with van der Waals surface area (Å²) in [4.78, 5) is 0. The molecule has 1 atom stereocenters. The van der Waals surface area contributed by atoms with Crippen molar-refractivity contribution in [1.29, 1.82) is 0 Å². The van der Waals surface area contributed by atoms with E-state index in [0.29, 0.717) is 6.10 Å². The molecule has 1 aliphatic heterocycles. The van der Waals surface area contributed by atoms with Crippen LogP contribution in [0.25, 0.3) is 0 Å². The second-order valence-corrected chi connectivity index (χ2v) is 5.40. The maximum atomic E-state index is 6.30. The zero-order chi connectivity index (χ0) is 10.6. The lowest BCUT2D eigenvalue weighted by molar-refractivity contribution is -0.0871. The fraction of sp³-hybridized carbons (Fsp3) is 1.00. The summed E-state index contributed by atoms with van der Waals surface area (Å²) in [5.41, 5.74) is 0.106. The maximum Gasteiger partial charge on any atom is 0.0838 e. The molecular weight excluding hydrogens is 256 g/mol. The lowest BCUT2D eigenvalue weighted by atomic mass is 9.96. The Labute approximate surface area is 101 Å². The second kappa shape index (κ2) is 5.65. The van der Waals surface area contributed by atoms with Gasteiger partial charge in [-0.3, -0.25) is 0 Å². The zero-order valence-corrected chi connectivity index (χ0v) is 10.9. The first-order valence-electron chi connectivity index (χ1n) is 6.16. The highest BCUT2D eigenvalue weighted by Gasteiger charge is 2.34. The normalized spacial score (nSPS) is 31.4. The molecule has 1 unspecified atom stereocenters. The van der Waals surface area contributed by atoms with Crippen molar-refractivity contribution in [3.63, 3.8) is 0 Å². The smallest absolute Gasteiger partial charge is 0.0838 e. The third kappa shape index (κ3) is 3.18. The van der Waals surface area contributed by atoms with Crippen molar-refractivity contribution in [2.45, 2.75) is 56.7 Å². The van der Waals surface area contributed by atoms with E-state index in [4.69, 9.17) is 9.47 Å². The van der Waals surface area contributed by atoms with Crippen LogP contribution in [0.4, 0.5) is 0 Å². The van der Waals surface area contributed by atoms with Gasteiger partial charge in [-0.05, 0) is 19.3 Å². The average Bonchev–Trinajstić information content (AvgIpc) is 2.64. The van der Waals surface area contributed by atoms with Gasteiger partial charge < -0.3 is 9.47 Å². The van der Waals surface area contributed by atoms with Crippen molar-refractivity contribution in [1.82, 2.24) is 0 Å². The van der Waals surface area contributed by atoms with E-state index in [1.165, 1.54) is 38.5 Å². The average molecular weight is 277 g/mol. The lowest BCUT2D eigenvalue weighted by Gasteiger charge is -2.33. The third-order valence-corrected chi connectivity index (χ3v) is 4.58. The third-order valence-electron chi connectivity index (χ3n) is 3.56.